The molecule has 1 aromatic rings. The molecule has 6 heteroatoms. The zero-order valence-electron chi connectivity index (χ0n) is 10.2. The Kier molecular flexibility index (Phi) is 4.09. The zero-order valence-corrected chi connectivity index (χ0v) is 10.2. The minimum absolute atomic E-state index is 0.240. The van der Waals surface area contributed by atoms with Crippen LogP contribution >= 0.6 is 0 Å². The average Bonchev–Trinajstić information content (AvgIpc) is 2.85. The van der Waals surface area contributed by atoms with Crippen molar-refractivity contribution < 1.29 is 19.2 Å². The quantitative estimate of drug-likeness (QED) is 0.803. The third-order valence-corrected chi connectivity index (χ3v) is 2.99. The first-order valence-corrected chi connectivity index (χ1v) is 6.00. The van der Waals surface area contributed by atoms with Crippen LogP contribution in [0, 0.1) is 5.92 Å². The number of carbonyl (C=O) groups is 1. The van der Waals surface area contributed by atoms with Gasteiger partial charge >= 0.3 is 5.97 Å². The van der Waals surface area contributed by atoms with Crippen molar-refractivity contribution in [1.82, 2.24) is 10.1 Å². The minimum Gasteiger partial charge on any atom is -0.481 e. The number of carboxylic acid groups (broad SMARTS) is 1. The summed E-state index contributed by atoms with van der Waals surface area (Å²) in [5, 5.41) is 13.0. The number of aliphatic carboxylic acids is 1. The molecule has 0 radical (unpaired) electrons. The predicted octanol–water partition coefficient (Wildman–Crippen LogP) is 1.74. The molecule has 0 aliphatic heterocycles. The van der Waals surface area contributed by atoms with Gasteiger partial charge in [0.05, 0.1) is 11.8 Å². The number of hydrogen-bond donors (Lipinski definition) is 1. The SMILES string of the molecule is CCOCc1noc([C@@H]2CC=CC[C@@H]2C(=O)O)n1. The first kappa shape index (κ1) is 12.8. The first-order valence-electron chi connectivity index (χ1n) is 6.00. The molecule has 1 heterocycles. The van der Waals surface area contributed by atoms with E-state index in [9.17, 15) is 4.79 Å². The lowest BCUT2D eigenvalue weighted by atomic mass is 9.83. The smallest absolute Gasteiger partial charge is 0.307 e. The lowest BCUT2D eigenvalue weighted by molar-refractivity contribution is -0.142. The molecule has 0 saturated heterocycles. The number of hydrogen-bond acceptors (Lipinski definition) is 5. The maximum atomic E-state index is 11.2. The second kappa shape index (κ2) is 5.77. The fourth-order valence-corrected chi connectivity index (χ4v) is 2.03. The number of carboxylic acids is 1. The van der Waals surface area contributed by atoms with Crippen LogP contribution in [-0.4, -0.2) is 27.8 Å². The molecule has 6 nitrogen and oxygen atoms in total. The normalized spacial score (nSPS) is 23.2. The van der Waals surface area contributed by atoms with Crippen LogP contribution < -0.4 is 0 Å². The molecule has 1 aliphatic rings. The summed E-state index contributed by atoms with van der Waals surface area (Å²) in [4.78, 5) is 15.4. The summed E-state index contributed by atoms with van der Waals surface area (Å²) in [5.74, 6) is -0.702. The molecular formula is C12H16N2O4. The van der Waals surface area contributed by atoms with E-state index in [1.165, 1.54) is 0 Å². The fraction of sp³-hybridized carbons (Fsp3) is 0.583. The Morgan fingerprint density at radius 2 is 2.33 bits per heavy atom. The van der Waals surface area contributed by atoms with Gasteiger partial charge in [0.1, 0.15) is 6.61 Å². The van der Waals surface area contributed by atoms with E-state index >= 15 is 0 Å². The minimum atomic E-state index is -0.825. The van der Waals surface area contributed by atoms with Gasteiger partial charge in [-0.2, -0.15) is 4.98 Å². The topological polar surface area (TPSA) is 85.5 Å². The molecule has 98 valence electrons. The molecule has 1 aromatic heterocycles. The summed E-state index contributed by atoms with van der Waals surface area (Å²) in [6.07, 6.45) is 4.96. The summed E-state index contributed by atoms with van der Waals surface area (Å²) in [7, 11) is 0. The number of nitrogens with zero attached hydrogens (tertiary/aromatic N) is 2. The van der Waals surface area contributed by atoms with Gasteiger partial charge in [-0.15, -0.1) is 0 Å². The van der Waals surface area contributed by atoms with Gasteiger partial charge < -0.3 is 14.4 Å². The van der Waals surface area contributed by atoms with E-state index < -0.39 is 11.9 Å². The molecular weight excluding hydrogens is 236 g/mol. The summed E-state index contributed by atoms with van der Waals surface area (Å²) < 4.78 is 10.3. The van der Waals surface area contributed by atoms with Crippen LogP contribution in [0.2, 0.25) is 0 Å². The van der Waals surface area contributed by atoms with Gasteiger partial charge in [0, 0.05) is 6.61 Å². The molecule has 0 fully saturated rings. The van der Waals surface area contributed by atoms with Crippen LogP contribution in [0.3, 0.4) is 0 Å². The van der Waals surface area contributed by atoms with Crippen molar-refractivity contribution >= 4 is 5.97 Å². The van der Waals surface area contributed by atoms with E-state index in [4.69, 9.17) is 14.4 Å². The molecule has 0 spiro atoms. The van der Waals surface area contributed by atoms with Gasteiger partial charge in [0.2, 0.25) is 5.89 Å². The van der Waals surface area contributed by atoms with Crippen LogP contribution in [-0.2, 0) is 16.1 Å². The van der Waals surface area contributed by atoms with Crippen LogP contribution in [0.5, 0.6) is 0 Å². The molecule has 0 saturated carbocycles. The van der Waals surface area contributed by atoms with Gasteiger partial charge in [-0.25, -0.2) is 0 Å². The Hall–Kier alpha value is -1.69. The van der Waals surface area contributed by atoms with Crippen molar-refractivity contribution in [3.8, 4) is 0 Å². The van der Waals surface area contributed by atoms with E-state index in [1.54, 1.807) is 0 Å². The van der Waals surface area contributed by atoms with Gasteiger partial charge in [0.25, 0.3) is 0 Å². The van der Waals surface area contributed by atoms with Crippen LogP contribution in [0.1, 0.15) is 37.4 Å². The second-order valence-electron chi connectivity index (χ2n) is 4.18. The first-order chi connectivity index (χ1) is 8.72. The predicted molar refractivity (Wildman–Crippen MR) is 61.9 cm³/mol. The molecule has 2 rings (SSSR count). The summed E-state index contributed by atoms with van der Waals surface area (Å²) in [6.45, 7) is 2.75. The highest BCUT2D eigenvalue weighted by Gasteiger charge is 2.33. The summed E-state index contributed by atoms with van der Waals surface area (Å²) in [6, 6.07) is 0. The highest BCUT2D eigenvalue weighted by atomic mass is 16.5. The summed E-state index contributed by atoms with van der Waals surface area (Å²) in [5.41, 5.74) is 0. The lowest BCUT2D eigenvalue weighted by Crippen LogP contribution is -2.23. The van der Waals surface area contributed by atoms with Crippen LogP contribution in [0.15, 0.2) is 16.7 Å². The third-order valence-electron chi connectivity index (χ3n) is 2.99. The van der Waals surface area contributed by atoms with Crippen molar-refractivity contribution in [3.05, 3.63) is 23.9 Å². The van der Waals surface area contributed by atoms with E-state index in [-0.39, 0.29) is 5.92 Å². The van der Waals surface area contributed by atoms with Crippen molar-refractivity contribution in [1.29, 1.82) is 0 Å². The lowest BCUT2D eigenvalue weighted by Gasteiger charge is -2.21. The molecule has 0 aromatic carbocycles. The Morgan fingerprint density at radius 3 is 3.06 bits per heavy atom. The zero-order chi connectivity index (χ0) is 13.0. The Bertz CT molecular complexity index is 441. The Labute approximate surface area is 105 Å². The van der Waals surface area contributed by atoms with Crippen LogP contribution in [0.25, 0.3) is 0 Å². The van der Waals surface area contributed by atoms with Gasteiger partial charge in [-0.3, -0.25) is 4.79 Å². The van der Waals surface area contributed by atoms with Crippen molar-refractivity contribution in [2.45, 2.75) is 32.3 Å². The number of aromatic nitrogens is 2. The van der Waals surface area contributed by atoms with Crippen molar-refractivity contribution in [2.24, 2.45) is 5.92 Å². The molecule has 0 amide bonds. The molecule has 2 atom stereocenters. The largest absolute Gasteiger partial charge is 0.481 e. The molecule has 0 unspecified atom stereocenters. The van der Waals surface area contributed by atoms with Gasteiger partial charge in [-0.05, 0) is 19.8 Å². The van der Waals surface area contributed by atoms with Gasteiger partial charge in [0.15, 0.2) is 5.82 Å². The number of ether oxygens (including phenoxy) is 1. The van der Waals surface area contributed by atoms with Crippen molar-refractivity contribution in [3.63, 3.8) is 0 Å². The fourth-order valence-electron chi connectivity index (χ4n) is 2.03. The standard InChI is InChI=1S/C12H16N2O4/c1-2-17-7-10-13-11(18-14-10)8-5-3-4-6-9(8)12(15)16/h3-4,8-9H,2,5-7H2,1H3,(H,15,16)/t8-,9+/m1/s1. The molecule has 1 aliphatic carbocycles. The molecule has 1 N–H and O–H groups in total. The summed E-state index contributed by atoms with van der Waals surface area (Å²) >= 11 is 0. The van der Waals surface area contributed by atoms with E-state index in [2.05, 4.69) is 10.1 Å². The Balaban J connectivity index is 2.11. The number of allylic oxidation sites excluding steroid dienone is 2. The van der Waals surface area contributed by atoms with Crippen molar-refractivity contribution in [2.75, 3.05) is 6.61 Å². The van der Waals surface area contributed by atoms with Crippen LogP contribution in [0.4, 0.5) is 0 Å². The maximum absolute atomic E-state index is 11.2. The van der Waals surface area contributed by atoms with E-state index in [0.717, 1.165) is 0 Å². The molecule has 0 bridgehead atoms. The number of rotatable bonds is 5. The van der Waals surface area contributed by atoms with E-state index in [1.807, 2.05) is 19.1 Å². The van der Waals surface area contributed by atoms with Gasteiger partial charge in [-0.1, -0.05) is 17.3 Å². The second-order valence-corrected chi connectivity index (χ2v) is 4.18. The molecule has 18 heavy (non-hydrogen) atoms. The Morgan fingerprint density at radius 1 is 1.56 bits per heavy atom. The maximum Gasteiger partial charge on any atom is 0.307 e. The van der Waals surface area contributed by atoms with E-state index in [0.29, 0.717) is 37.8 Å². The third kappa shape index (κ3) is 2.76. The monoisotopic (exact) mass is 252 g/mol. The highest BCUT2D eigenvalue weighted by molar-refractivity contribution is 5.71. The highest BCUT2D eigenvalue weighted by Crippen LogP contribution is 2.33. The average molecular weight is 252 g/mol.